The zero-order valence-corrected chi connectivity index (χ0v) is 15.8. The fourth-order valence-electron chi connectivity index (χ4n) is 3.44. The first kappa shape index (κ1) is 19.7. The van der Waals surface area contributed by atoms with Crippen molar-refractivity contribution in [3.63, 3.8) is 0 Å². The van der Waals surface area contributed by atoms with Gasteiger partial charge in [0.15, 0.2) is 0 Å². The minimum atomic E-state index is -1.11. The van der Waals surface area contributed by atoms with E-state index >= 15 is 0 Å². The summed E-state index contributed by atoms with van der Waals surface area (Å²) in [7, 11) is 0. The van der Waals surface area contributed by atoms with Crippen LogP contribution in [0.5, 0.6) is 0 Å². The highest BCUT2D eigenvalue weighted by molar-refractivity contribution is 5.51. The largest absolute Gasteiger partial charge is 0.371 e. The van der Waals surface area contributed by atoms with Crippen LogP contribution >= 0.6 is 0 Å². The summed E-state index contributed by atoms with van der Waals surface area (Å²) in [5, 5.41) is 22.2. The van der Waals surface area contributed by atoms with Crippen molar-refractivity contribution in [2.24, 2.45) is 0 Å². The van der Waals surface area contributed by atoms with E-state index in [0.717, 1.165) is 5.56 Å². The molecule has 8 nitrogen and oxygen atoms in total. The highest BCUT2D eigenvalue weighted by Gasteiger charge is 2.40. The third-order valence-corrected chi connectivity index (χ3v) is 5.04. The van der Waals surface area contributed by atoms with Crippen LogP contribution in [0.3, 0.4) is 0 Å². The smallest absolute Gasteiger partial charge is 0.269 e. The maximum Gasteiger partial charge on any atom is 0.269 e. The molecule has 1 fully saturated rings. The first-order chi connectivity index (χ1) is 14.5. The summed E-state index contributed by atoms with van der Waals surface area (Å²) in [6.07, 6.45) is -0.0239. The molecule has 3 aromatic rings. The van der Waals surface area contributed by atoms with Gasteiger partial charge in [-0.3, -0.25) is 20.2 Å². The molecule has 152 valence electrons. The Labute approximate surface area is 172 Å². The number of rotatable bonds is 8. The summed E-state index contributed by atoms with van der Waals surface area (Å²) in [4.78, 5) is 21.3. The molecule has 0 radical (unpaired) electrons. The van der Waals surface area contributed by atoms with Crippen LogP contribution in [0.1, 0.15) is 16.7 Å². The van der Waals surface area contributed by atoms with Crippen LogP contribution in [-0.2, 0) is 15.1 Å². The number of nitro groups is 2. The summed E-state index contributed by atoms with van der Waals surface area (Å²) >= 11 is 0. The molecule has 0 bridgehead atoms. The van der Waals surface area contributed by atoms with Gasteiger partial charge in [-0.25, -0.2) is 0 Å². The first-order valence-corrected chi connectivity index (χ1v) is 9.31. The molecule has 0 aliphatic carbocycles. The minimum absolute atomic E-state index is 0.0239. The van der Waals surface area contributed by atoms with Crippen molar-refractivity contribution >= 4 is 11.4 Å². The van der Waals surface area contributed by atoms with Crippen LogP contribution < -0.4 is 0 Å². The second-order valence-electron chi connectivity index (χ2n) is 6.92. The molecule has 0 saturated carbocycles. The van der Waals surface area contributed by atoms with Crippen molar-refractivity contribution in [2.75, 3.05) is 13.2 Å². The number of nitrogens with zero attached hydrogens (tertiary/aromatic N) is 2. The average Bonchev–Trinajstić information content (AvgIpc) is 3.60. The van der Waals surface area contributed by atoms with Crippen molar-refractivity contribution in [3.8, 4) is 0 Å². The molecule has 1 heterocycles. The Bertz CT molecular complexity index is 990. The number of nitro benzene ring substituents is 2. The van der Waals surface area contributed by atoms with Crippen LogP contribution in [-0.4, -0.2) is 29.2 Å². The molecule has 1 aliphatic heterocycles. The van der Waals surface area contributed by atoms with Gasteiger partial charge in [-0.2, -0.15) is 0 Å². The van der Waals surface area contributed by atoms with Crippen LogP contribution in [0, 0.1) is 20.2 Å². The molecule has 0 N–H and O–H groups in total. The summed E-state index contributed by atoms with van der Waals surface area (Å²) < 4.78 is 11.8. The number of hydrogen-bond acceptors (Lipinski definition) is 6. The van der Waals surface area contributed by atoms with Gasteiger partial charge in [0.1, 0.15) is 11.7 Å². The minimum Gasteiger partial charge on any atom is -0.371 e. The molecule has 1 saturated heterocycles. The van der Waals surface area contributed by atoms with E-state index in [2.05, 4.69) is 0 Å². The van der Waals surface area contributed by atoms with Crippen LogP contribution in [0.2, 0.25) is 0 Å². The van der Waals surface area contributed by atoms with E-state index in [-0.39, 0.29) is 17.5 Å². The van der Waals surface area contributed by atoms with E-state index < -0.39 is 15.4 Å². The van der Waals surface area contributed by atoms with Gasteiger partial charge >= 0.3 is 0 Å². The molecule has 8 heteroatoms. The quantitative estimate of drug-likeness (QED) is 0.240. The number of ether oxygens (including phenoxy) is 2. The maximum absolute atomic E-state index is 11.1. The topological polar surface area (TPSA) is 108 Å². The van der Waals surface area contributed by atoms with Crippen molar-refractivity contribution in [1.29, 1.82) is 0 Å². The van der Waals surface area contributed by atoms with E-state index in [0.29, 0.717) is 24.3 Å². The fourth-order valence-corrected chi connectivity index (χ4v) is 3.44. The Morgan fingerprint density at radius 3 is 1.63 bits per heavy atom. The summed E-state index contributed by atoms with van der Waals surface area (Å²) in [5.74, 6) is 0. The predicted molar refractivity (Wildman–Crippen MR) is 108 cm³/mol. The molecule has 0 unspecified atom stereocenters. The molecule has 0 aromatic heterocycles. The number of hydrogen-bond donors (Lipinski definition) is 0. The van der Waals surface area contributed by atoms with Gasteiger partial charge in [-0.1, -0.05) is 30.3 Å². The molecular weight excluding hydrogens is 388 g/mol. The summed E-state index contributed by atoms with van der Waals surface area (Å²) in [6, 6.07) is 21.7. The first-order valence-electron chi connectivity index (χ1n) is 9.31. The van der Waals surface area contributed by atoms with Gasteiger partial charge in [-0.05, 0) is 41.0 Å². The van der Waals surface area contributed by atoms with Gasteiger partial charge in [0.2, 0.25) is 0 Å². The molecule has 30 heavy (non-hydrogen) atoms. The van der Waals surface area contributed by atoms with E-state index in [4.69, 9.17) is 9.47 Å². The SMILES string of the molecule is O=[N+]([O-])c1ccc(C(OC[C@@H]2CO2)(c2ccccc2)c2ccc([N+](=O)[O-])cc2)cc1. The standard InChI is InChI=1S/C22H18N2O6/c25-23(26)19-10-6-17(7-11-19)22(30-15-21-14-29-21,16-4-2-1-3-5-16)18-8-12-20(13-9-18)24(27)28/h1-13,21H,14-15H2/t21-/m0/s1. The lowest BCUT2D eigenvalue weighted by Crippen LogP contribution is -2.34. The lowest BCUT2D eigenvalue weighted by Gasteiger charge is -2.35. The normalized spacial score (nSPS) is 15.5. The Balaban J connectivity index is 1.90. The molecule has 1 aliphatic rings. The van der Waals surface area contributed by atoms with Crippen LogP contribution in [0.4, 0.5) is 11.4 Å². The van der Waals surface area contributed by atoms with Gasteiger partial charge < -0.3 is 9.47 Å². The van der Waals surface area contributed by atoms with Crippen LogP contribution in [0.25, 0.3) is 0 Å². The van der Waals surface area contributed by atoms with Gasteiger partial charge in [0.25, 0.3) is 11.4 Å². The van der Waals surface area contributed by atoms with Gasteiger partial charge in [-0.15, -0.1) is 0 Å². The van der Waals surface area contributed by atoms with E-state index in [1.165, 1.54) is 24.3 Å². The van der Waals surface area contributed by atoms with Gasteiger partial charge in [0, 0.05) is 24.3 Å². The molecule has 0 amide bonds. The van der Waals surface area contributed by atoms with Crippen molar-refractivity contribution in [2.45, 2.75) is 11.7 Å². The Hall–Kier alpha value is -3.62. The molecule has 1 atom stereocenters. The van der Waals surface area contributed by atoms with E-state index in [9.17, 15) is 20.2 Å². The highest BCUT2D eigenvalue weighted by Crippen LogP contribution is 2.42. The maximum atomic E-state index is 11.1. The monoisotopic (exact) mass is 406 g/mol. The molecular formula is C22H18N2O6. The second kappa shape index (κ2) is 8.02. The number of epoxide rings is 1. The predicted octanol–water partition coefficient (Wildman–Crippen LogP) is 4.21. The van der Waals surface area contributed by atoms with Crippen molar-refractivity contribution in [3.05, 3.63) is 116 Å². The van der Waals surface area contributed by atoms with E-state index in [1.807, 2.05) is 30.3 Å². The molecule has 3 aromatic carbocycles. The Morgan fingerprint density at radius 1 is 0.800 bits per heavy atom. The summed E-state index contributed by atoms with van der Waals surface area (Å²) in [5.41, 5.74) is 0.970. The van der Waals surface area contributed by atoms with Gasteiger partial charge in [0.05, 0.1) is 23.1 Å². The zero-order chi connectivity index (χ0) is 21.1. The lowest BCUT2D eigenvalue weighted by atomic mass is 9.80. The second-order valence-corrected chi connectivity index (χ2v) is 6.92. The molecule has 4 rings (SSSR count). The van der Waals surface area contributed by atoms with E-state index in [1.54, 1.807) is 24.3 Å². The highest BCUT2D eigenvalue weighted by atomic mass is 16.6. The third kappa shape index (κ3) is 3.78. The lowest BCUT2D eigenvalue weighted by molar-refractivity contribution is -0.385. The van der Waals surface area contributed by atoms with Crippen molar-refractivity contribution in [1.82, 2.24) is 0 Å². The third-order valence-electron chi connectivity index (χ3n) is 5.04. The Morgan fingerprint density at radius 2 is 1.23 bits per heavy atom. The number of non-ortho nitro benzene ring substituents is 2. The summed E-state index contributed by atoms with van der Waals surface area (Å²) in [6.45, 7) is 0.911. The molecule has 0 spiro atoms. The zero-order valence-electron chi connectivity index (χ0n) is 15.8. The Kier molecular flexibility index (Phi) is 5.26. The average molecular weight is 406 g/mol. The number of benzene rings is 3. The van der Waals surface area contributed by atoms with Crippen LogP contribution in [0.15, 0.2) is 78.9 Å². The van der Waals surface area contributed by atoms with Crippen molar-refractivity contribution < 1.29 is 19.3 Å². The fraction of sp³-hybridized carbons (Fsp3) is 0.182.